The first kappa shape index (κ1) is 11.0. The van der Waals surface area contributed by atoms with E-state index in [0.29, 0.717) is 26.0 Å². The molecule has 1 amide bonds. The number of carbonyl (C=O) groups is 1. The molecule has 0 aromatic carbocycles. The van der Waals surface area contributed by atoms with Gasteiger partial charge in [0.15, 0.2) is 5.76 Å². The van der Waals surface area contributed by atoms with Gasteiger partial charge in [-0.2, -0.15) is 4.89 Å². The third kappa shape index (κ3) is 2.04. The minimum atomic E-state index is 0.0586. The Morgan fingerprint density at radius 3 is 3.06 bits per heavy atom. The summed E-state index contributed by atoms with van der Waals surface area (Å²) in [7, 11) is 1.94. The van der Waals surface area contributed by atoms with Gasteiger partial charge in [-0.3, -0.25) is 4.79 Å². The molecule has 0 aromatic rings. The lowest BCUT2D eigenvalue weighted by molar-refractivity contribution is -0.256. The summed E-state index contributed by atoms with van der Waals surface area (Å²) in [5.41, 5.74) is 1.02. The summed E-state index contributed by atoms with van der Waals surface area (Å²) in [6.07, 6.45) is 3.16. The Kier molecular flexibility index (Phi) is 3.14. The fourth-order valence-corrected chi connectivity index (χ4v) is 1.83. The first-order valence-corrected chi connectivity index (χ1v) is 5.46. The fraction of sp³-hybridized carbons (Fsp3) is 0.545. The van der Waals surface area contributed by atoms with Crippen molar-refractivity contribution in [1.82, 2.24) is 10.2 Å². The molecule has 0 aliphatic carbocycles. The van der Waals surface area contributed by atoms with Crippen LogP contribution in [0.2, 0.25) is 0 Å². The fourth-order valence-electron chi connectivity index (χ4n) is 1.83. The molecule has 0 saturated carbocycles. The SMILES string of the molecule is CCOOC1=CCN(C)C2=C1CCC(=O)N2. The maximum absolute atomic E-state index is 11.3. The molecule has 16 heavy (non-hydrogen) atoms. The zero-order chi connectivity index (χ0) is 11.5. The van der Waals surface area contributed by atoms with E-state index < -0.39 is 0 Å². The predicted molar refractivity (Wildman–Crippen MR) is 57.8 cm³/mol. The van der Waals surface area contributed by atoms with Gasteiger partial charge in [-0.25, -0.2) is 0 Å². The van der Waals surface area contributed by atoms with Crippen LogP contribution in [0.25, 0.3) is 0 Å². The van der Waals surface area contributed by atoms with Gasteiger partial charge in [-0.05, 0) is 19.4 Å². The first-order valence-electron chi connectivity index (χ1n) is 5.46. The highest BCUT2D eigenvalue weighted by Gasteiger charge is 2.27. The largest absolute Gasteiger partial charge is 0.357 e. The topological polar surface area (TPSA) is 50.8 Å². The molecule has 5 heteroatoms. The highest BCUT2D eigenvalue weighted by molar-refractivity contribution is 5.80. The molecule has 2 heterocycles. The van der Waals surface area contributed by atoms with Gasteiger partial charge in [0, 0.05) is 25.6 Å². The molecular weight excluding hydrogens is 208 g/mol. The Labute approximate surface area is 94.6 Å². The molecule has 0 radical (unpaired) electrons. The molecule has 1 N–H and O–H groups in total. The van der Waals surface area contributed by atoms with Gasteiger partial charge in [0.2, 0.25) is 5.91 Å². The molecule has 5 nitrogen and oxygen atoms in total. The maximum atomic E-state index is 11.3. The minimum Gasteiger partial charge on any atom is -0.357 e. The predicted octanol–water partition coefficient (Wildman–Crippen LogP) is 0.905. The summed E-state index contributed by atoms with van der Waals surface area (Å²) in [6.45, 7) is 3.08. The van der Waals surface area contributed by atoms with Gasteiger partial charge in [-0.15, -0.1) is 0 Å². The average molecular weight is 224 g/mol. The molecule has 0 fully saturated rings. The number of allylic oxidation sites excluding steroid dienone is 1. The summed E-state index contributed by atoms with van der Waals surface area (Å²) in [5, 5.41) is 2.86. The van der Waals surface area contributed by atoms with Gasteiger partial charge in [0.05, 0.1) is 6.61 Å². The molecule has 0 spiro atoms. The summed E-state index contributed by atoms with van der Waals surface area (Å²) in [4.78, 5) is 23.5. The minimum absolute atomic E-state index is 0.0586. The lowest BCUT2D eigenvalue weighted by Crippen LogP contribution is -2.39. The Bertz CT molecular complexity index is 360. The van der Waals surface area contributed by atoms with Crippen molar-refractivity contribution in [2.24, 2.45) is 0 Å². The molecule has 0 unspecified atom stereocenters. The lowest BCUT2D eigenvalue weighted by Gasteiger charge is -2.32. The second kappa shape index (κ2) is 4.57. The monoisotopic (exact) mass is 224 g/mol. The Morgan fingerprint density at radius 1 is 1.50 bits per heavy atom. The van der Waals surface area contributed by atoms with E-state index in [1.807, 2.05) is 24.9 Å². The van der Waals surface area contributed by atoms with Crippen LogP contribution in [0.1, 0.15) is 19.8 Å². The van der Waals surface area contributed by atoms with Crippen LogP contribution in [0, 0.1) is 0 Å². The highest BCUT2D eigenvalue weighted by Crippen LogP contribution is 2.28. The summed E-state index contributed by atoms with van der Waals surface area (Å²) < 4.78 is 0. The number of carbonyl (C=O) groups excluding carboxylic acids is 1. The van der Waals surface area contributed by atoms with E-state index in [2.05, 4.69) is 5.32 Å². The lowest BCUT2D eigenvalue weighted by atomic mass is 10.0. The number of hydrogen-bond donors (Lipinski definition) is 1. The molecule has 0 aromatic heterocycles. The van der Waals surface area contributed by atoms with Crippen LogP contribution in [0.4, 0.5) is 0 Å². The van der Waals surface area contributed by atoms with Crippen molar-refractivity contribution >= 4 is 5.91 Å². The highest BCUT2D eigenvalue weighted by atomic mass is 17.2. The zero-order valence-corrected chi connectivity index (χ0v) is 9.58. The summed E-state index contributed by atoms with van der Waals surface area (Å²) in [5.74, 6) is 1.63. The van der Waals surface area contributed by atoms with Crippen molar-refractivity contribution in [3.63, 3.8) is 0 Å². The summed E-state index contributed by atoms with van der Waals surface area (Å²) >= 11 is 0. The van der Waals surface area contributed by atoms with E-state index in [4.69, 9.17) is 9.78 Å². The molecule has 2 aliphatic heterocycles. The van der Waals surface area contributed by atoms with E-state index in [-0.39, 0.29) is 5.91 Å². The Morgan fingerprint density at radius 2 is 2.31 bits per heavy atom. The van der Waals surface area contributed by atoms with Crippen molar-refractivity contribution < 1.29 is 14.6 Å². The number of nitrogens with one attached hydrogen (secondary N) is 1. The second-order valence-corrected chi connectivity index (χ2v) is 3.81. The van der Waals surface area contributed by atoms with Crippen molar-refractivity contribution in [3.8, 4) is 0 Å². The van der Waals surface area contributed by atoms with Gasteiger partial charge in [0.25, 0.3) is 0 Å². The summed E-state index contributed by atoms with van der Waals surface area (Å²) in [6, 6.07) is 0. The van der Waals surface area contributed by atoms with Crippen molar-refractivity contribution in [1.29, 1.82) is 0 Å². The van der Waals surface area contributed by atoms with Crippen molar-refractivity contribution in [3.05, 3.63) is 23.2 Å². The molecular formula is C11H16N2O3. The number of amides is 1. The van der Waals surface area contributed by atoms with Crippen molar-refractivity contribution in [2.45, 2.75) is 19.8 Å². The van der Waals surface area contributed by atoms with E-state index >= 15 is 0 Å². The smallest absolute Gasteiger partial charge is 0.225 e. The quantitative estimate of drug-likeness (QED) is 0.571. The van der Waals surface area contributed by atoms with Crippen molar-refractivity contribution in [2.75, 3.05) is 20.2 Å². The number of nitrogens with zero attached hydrogens (tertiary/aromatic N) is 1. The van der Waals surface area contributed by atoms with E-state index in [1.54, 1.807) is 0 Å². The number of hydrogen-bond acceptors (Lipinski definition) is 4. The van der Waals surface area contributed by atoms with Crippen LogP contribution >= 0.6 is 0 Å². The second-order valence-electron chi connectivity index (χ2n) is 3.81. The molecule has 2 rings (SSSR count). The van der Waals surface area contributed by atoms with E-state index in [0.717, 1.165) is 17.2 Å². The zero-order valence-electron chi connectivity index (χ0n) is 9.58. The molecule has 0 atom stereocenters. The number of rotatable bonds is 3. The third-order valence-electron chi connectivity index (χ3n) is 2.64. The molecule has 88 valence electrons. The Hall–Kier alpha value is -1.49. The molecule has 2 aliphatic rings. The maximum Gasteiger partial charge on any atom is 0.225 e. The standard InChI is InChI=1S/C11H16N2O3/c1-3-15-16-9-6-7-13(2)11-8(9)4-5-10(14)12-11/h6H,3-5,7H2,1-2H3,(H,12,14). The number of likely N-dealkylation sites (N-methyl/N-ethyl adjacent to an activating group) is 1. The van der Waals surface area contributed by atoms with E-state index in [1.165, 1.54) is 0 Å². The van der Waals surface area contributed by atoms with Gasteiger partial charge in [-0.1, -0.05) is 0 Å². The van der Waals surface area contributed by atoms with Crippen LogP contribution in [-0.4, -0.2) is 31.0 Å². The first-order chi connectivity index (χ1) is 7.72. The van der Waals surface area contributed by atoms with Crippen LogP contribution in [-0.2, 0) is 14.6 Å². The normalized spacial score (nSPS) is 20.2. The molecule has 0 bridgehead atoms. The van der Waals surface area contributed by atoms with Gasteiger partial charge < -0.3 is 15.1 Å². The van der Waals surface area contributed by atoms with Gasteiger partial charge >= 0.3 is 0 Å². The Balaban J connectivity index is 2.19. The van der Waals surface area contributed by atoms with Crippen LogP contribution in [0.5, 0.6) is 0 Å². The van der Waals surface area contributed by atoms with Gasteiger partial charge in [0.1, 0.15) is 5.82 Å². The van der Waals surface area contributed by atoms with Crippen LogP contribution in [0.15, 0.2) is 23.2 Å². The van der Waals surface area contributed by atoms with E-state index in [9.17, 15) is 4.79 Å². The molecule has 0 saturated heterocycles. The van der Waals surface area contributed by atoms with Crippen LogP contribution < -0.4 is 5.32 Å². The van der Waals surface area contributed by atoms with Crippen LogP contribution in [0.3, 0.4) is 0 Å². The third-order valence-corrected chi connectivity index (χ3v) is 2.64. The average Bonchev–Trinajstić information content (AvgIpc) is 2.29.